The van der Waals surface area contributed by atoms with E-state index < -0.39 is 0 Å². The first kappa shape index (κ1) is 11.4. The van der Waals surface area contributed by atoms with Crippen LogP contribution >= 0.6 is 15.9 Å². The van der Waals surface area contributed by atoms with E-state index in [1.165, 1.54) is 0 Å². The van der Waals surface area contributed by atoms with E-state index in [2.05, 4.69) is 26.0 Å². The molecular formula is C13H11BrN4. The van der Waals surface area contributed by atoms with Crippen molar-refractivity contribution in [1.29, 1.82) is 0 Å². The molecule has 0 saturated carbocycles. The van der Waals surface area contributed by atoms with Crippen LogP contribution in [0.3, 0.4) is 0 Å². The van der Waals surface area contributed by atoms with Gasteiger partial charge in [-0.3, -0.25) is 0 Å². The van der Waals surface area contributed by atoms with Gasteiger partial charge in [-0.1, -0.05) is 18.2 Å². The van der Waals surface area contributed by atoms with Gasteiger partial charge in [-0.25, -0.2) is 9.67 Å². The Balaban J connectivity index is 2.25. The summed E-state index contributed by atoms with van der Waals surface area (Å²) in [5, 5.41) is 5.33. The van der Waals surface area contributed by atoms with Crippen molar-refractivity contribution in [2.75, 3.05) is 0 Å². The van der Waals surface area contributed by atoms with Crippen LogP contribution in [-0.2, 0) is 6.54 Å². The van der Waals surface area contributed by atoms with Gasteiger partial charge in [0.1, 0.15) is 0 Å². The summed E-state index contributed by atoms with van der Waals surface area (Å²) in [5.74, 6) is 0.778. The second-order valence-corrected chi connectivity index (χ2v) is 4.88. The van der Waals surface area contributed by atoms with Gasteiger partial charge in [-0.05, 0) is 33.6 Å². The Morgan fingerprint density at radius 3 is 2.83 bits per heavy atom. The number of aromatic nitrogens is 3. The molecule has 0 aliphatic heterocycles. The van der Waals surface area contributed by atoms with Gasteiger partial charge in [-0.2, -0.15) is 5.10 Å². The van der Waals surface area contributed by atoms with Crippen molar-refractivity contribution in [3.05, 3.63) is 52.8 Å². The number of hydrogen-bond acceptors (Lipinski definition) is 3. The first-order valence-electron chi connectivity index (χ1n) is 5.57. The monoisotopic (exact) mass is 302 g/mol. The number of halogens is 1. The molecule has 2 N–H and O–H groups in total. The summed E-state index contributed by atoms with van der Waals surface area (Å²) in [6, 6.07) is 9.96. The molecular weight excluding hydrogens is 292 g/mol. The first-order valence-corrected chi connectivity index (χ1v) is 6.36. The number of fused-ring (bicyclic) bond motifs is 1. The molecule has 0 aliphatic rings. The van der Waals surface area contributed by atoms with Crippen LogP contribution in [0.5, 0.6) is 0 Å². The lowest BCUT2D eigenvalue weighted by atomic mass is 10.1. The minimum atomic E-state index is 0.485. The predicted molar refractivity (Wildman–Crippen MR) is 74.5 cm³/mol. The van der Waals surface area contributed by atoms with Crippen molar-refractivity contribution in [2.45, 2.75) is 6.54 Å². The summed E-state index contributed by atoms with van der Waals surface area (Å²) in [4.78, 5) is 4.59. The lowest BCUT2D eigenvalue weighted by Crippen LogP contribution is -2.03. The van der Waals surface area contributed by atoms with Gasteiger partial charge in [0, 0.05) is 18.1 Å². The zero-order valence-electron chi connectivity index (χ0n) is 9.55. The maximum Gasteiger partial charge on any atom is 0.154 e. The summed E-state index contributed by atoms with van der Waals surface area (Å²) in [7, 11) is 0. The maximum absolute atomic E-state index is 5.80. The van der Waals surface area contributed by atoms with Crippen LogP contribution in [0.4, 0.5) is 0 Å². The van der Waals surface area contributed by atoms with Gasteiger partial charge in [0.25, 0.3) is 0 Å². The molecule has 4 nitrogen and oxygen atoms in total. The molecule has 0 spiro atoms. The van der Waals surface area contributed by atoms with Crippen molar-refractivity contribution in [3.63, 3.8) is 0 Å². The fourth-order valence-electron chi connectivity index (χ4n) is 1.94. The quantitative estimate of drug-likeness (QED) is 0.792. The van der Waals surface area contributed by atoms with Crippen molar-refractivity contribution < 1.29 is 0 Å². The lowest BCUT2D eigenvalue weighted by molar-refractivity contribution is 0.848. The van der Waals surface area contributed by atoms with Gasteiger partial charge in [-0.15, -0.1) is 0 Å². The molecule has 0 unspecified atom stereocenters. The number of rotatable bonds is 2. The number of hydrogen-bond donors (Lipinski definition) is 1. The highest BCUT2D eigenvalue weighted by atomic mass is 79.9. The summed E-state index contributed by atoms with van der Waals surface area (Å²) in [6.45, 7) is 0.485. The van der Waals surface area contributed by atoms with E-state index in [1.54, 1.807) is 10.9 Å². The third-order valence-corrected chi connectivity index (χ3v) is 3.20. The van der Waals surface area contributed by atoms with Crippen molar-refractivity contribution >= 4 is 26.8 Å². The van der Waals surface area contributed by atoms with E-state index >= 15 is 0 Å². The molecule has 0 saturated heterocycles. The summed E-state index contributed by atoms with van der Waals surface area (Å²) >= 11 is 3.38. The van der Waals surface area contributed by atoms with E-state index in [0.717, 1.165) is 26.8 Å². The van der Waals surface area contributed by atoms with Crippen molar-refractivity contribution in [2.24, 2.45) is 5.73 Å². The highest BCUT2D eigenvalue weighted by molar-refractivity contribution is 9.10. The van der Waals surface area contributed by atoms with Gasteiger partial charge < -0.3 is 5.73 Å². The smallest absolute Gasteiger partial charge is 0.154 e. The molecule has 3 rings (SSSR count). The van der Waals surface area contributed by atoms with Crippen LogP contribution in [0.2, 0.25) is 0 Å². The molecule has 0 fully saturated rings. The maximum atomic E-state index is 5.80. The standard InChI is InChI=1S/C13H11BrN4/c14-10-7-16-18(8-10)13-5-9(6-15)11-3-1-2-4-12(11)17-13/h1-5,7-8H,6,15H2. The number of pyridine rings is 1. The predicted octanol–water partition coefficient (Wildman–Crippen LogP) is 2.64. The van der Waals surface area contributed by atoms with Crippen LogP contribution in [0.1, 0.15) is 5.56 Å². The normalized spacial score (nSPS) is 11.0. The molecule has 2 heterocycles. The summed E-state index contributed by atoms with van der Waals surface area (Å²) in [5.41, 5.74) is 7.81. The second-order valence-electron chi connectivity index (χ2n) is 3.96. The SMILES string of the molecule is NCc1cc(-n2cc(Br)cn2)nc2ccccc12. The molecule has 0 radical (unpaired) electrons. The Labute approximate surface area is 113 Å². The van der Waals surface area contributed by atoms with Gasteiger partial charge in [0.15, 0.2) is 5.82 Å². The number of nitrogens with two attached hydrogens (primary N) is 1. The Kier molecular flexibility index (Phi) is 2.85. The minimum Gasteiger partial charge on any atom is -0.326 e. The van der Waals surface area contributed by atoms with Crippen LogP contribution in [-0.4, -0.2) is 14.8 Å². The van der Waals surface area contributed by atoms with Gasteiger partial charge >= 0.3 is 0 Å². The third kappa shape index (κ3) is 1.91. The molecule has 0 bridgehead atoms. The Bertz CT molecular complexity index is 705. The molecule has 0 aliphatic carbocycles. The molecule has 3 aromatic rings. The molecule has 0 atom stereocenters. The van der Waals surface area contributed by atoms with Crippen LogP contribution in [0.25, 0.3) is 16.7 Å². The Morgan fingerprint density at radius 1 is 1.28 bits per heavy atom. The summed E-state index contributed by atoms with van der Waals surface area (Å²) < 4.78 is 2.65. The van der Waals surface area contributed by atoms with E-state index in [1.807, 2.05) is 36.5 Å². The fourth-order valence-corrected chi connectivity index (χ4v) is 2.23. The molecule has 0 amide bonds. The third-order valence-electron chi connectivity index (χ3n) is 2.79. The Hall–Kier alpha value is -1.72. The number of benzene rings is 1. The molecule has 5 heteroatoms. The average Bonchev–Trinajstić information content (AvgIpc) is 2.84. The van der Waals surface area contributed by atoms with E-state index in [-0.39, 0.29) is 0 Å². The average molecular weight is 303 g/mol. The zero-order chi connectivity index (χ0) is 12.5. The molecule has 2 aromatic heterocycles. The molecule has 1 aromatic carbocycles. The fraction of sp³-hybridized carbons (Fsp3) is 0.0769. The van der Waals surface area contributed by atoms with Gasteiger partial charge in [0.05, 0.1) is 16.2 Å². The van der Waals surface area contributed by atoms with E-state index in [4.69, 9.17) is 5.73 Å². The first-order chi connectivity index (χ1) is 8.78. The summed E-state index contributed by atoms with van der Waals surface area (Å²) in [6.07, 6.45) is 3.61. The van der Waals surface area contributed by atoms with Crippen molar-refractivity contribution in [3.8, 4) is 5.82 Å². The van der Waals surface area contributed by atoms with Crippen LogP contribution in [0, 0.1) is 0 Å². The highest BCUT2D eigenvalue weighted by Gasteiger charge is 2.06. The number of para-hydroxylation sites is 1. The Morgan fingerprint density at radius 2 is 2.11 bits per heavy atom. The van der Waals surface area contributed by atoms with Crippen LogP contribution in [0.15, 0.2) is 47.2 Å². The lowest BCUT2D eigenvalue weighted by Gasteiger charge is -2.07. The molecule has 18 heavy (non-hydrogen) atoms. The topological polar surface area (TPSA) is 56.7 Å². The van der Waals surface area contributed by atoms with E-state index in [9.17, 15) is 0 Å². The highest BCUT2D eigenvalue weighted by Crippen LogP contribution is 2.20. The molecule has 90 valence electrons. The number of nitrogens with zero attached hydrogens (tertiary/aromatic N) is 3. The minimum absolute atomic E-state index is 0.485. The second kappa shape index (κ2) is 4.51. The zero-order valence-corrected chi connectivity index (χ0v) is 11.1. The van der Waals surface area contributed by atoms with Crippen LogP contribution < -0.4 is 5.73 Å². The van der Waals surface area contributed by atoms with Crippen molar-refractivity contribution in [1.82, 2.24) is 14.8 Å². The van der Waals surface area contributed by atoms with E-state index in [0.29, 0.717) is 6.54 Å². The van der Waals surface area contributed by atoms with Gasteiger partial charge in [0.2, 0.25) is 0 Å². The largest absolute Gasteiger partial charge is 0.326 e.